The van der Waals surface area contributed by atoms with Crippen molar-refractivity contribution in [3.8, 4) is 17.2 Å². The maximum absolute atomic E-state index is 13.4. The van der Waals surface area contributed by atoms with Crippen LogP contribution in [0.3, 0.4) is 0 Å². The molecule has 1 N–H and O–H groups in total. The highest BCUT2D eigenvalue weighted by Gasteiger charge is 2.45. The van der Waals surface area contributed by atoms with Crippen LogP contribution in [0.25, 0.3) is 0 Å². The molecule has 0 saturated carbocycles. The summed E-state index contributed by atoms with van der Waals surface area (Å²) >= 11 is 0. The monoisotopic (exact) mass is 460 g/mol. The number of nitrogens with zero attached hydrogens (tertiary/aromatic N) is 1. The molecule has 0 radical (unpaired) electrons. The van der Waals surface area contributed by atoms with Crippen LogP contribution in [0.15, 0.2) is 72.8 Å². The molecule has 1 aliphatic heterocycles. The zero-order valence-electron chi connectivity index (χ0n) is 19.5. The lowest BCUT2D eigenvalue weighted by Crippen LogP contribution is -2.32. The number of anilines is 2. The van der Waals surface area contributed by atoms with Gasteiger partial charge in [0.1, 0.15) is 17.2 Å². The van der Waals surface area contributed by atoms with Gasteiger partial charge in [0.2, 0.25) is 11.8 Å². The van der Waals surface area contributed by atoms with E-state index in [1.165, 1.54) is 0 Å². The van der Waals surface area contributed by atoms with Crippen LogP contribution in [0.4, 0.5) is 11.4 Å². The van der Waals surface area contributed by atoms with E-state index in [2.05, 4.69) is 5.32 Å². The quantitative estimate of drug-likeness (QED) is 0.521. The lowest BCUT2D eigenvalue weighted by molar-refractivity contribution is -0.122. The SMILES string of the molecule is CCOc1ccc(NC(=O)[C@H]2CC(=O)N(c3ccc(OC)cc3)[C@H]2c2ccc(OC)cc2)cc1. The molecule has 0 aliphatic carbocycles. The minimum atomic E-state index is -0.574. The molecule has 0 aromatic heterocycles. The van der Waals surface area contributed by atoms with Crippen LogP contribution in [0.5, 0.6) is 17.2 Å². The Morgan fingerprint density at radius 2 is 1.44 bits per heavy atom. The molecule has 1 fully saturated rings. The third-order valence-electron chi connectivity index (χ3n) is 5.90. The lowest BCUT2D eigenvalue weighted by Gasteiger charge is -2.28. The average Bonchev–Trinajstić information content (AvgIpc) is 3.22. The predicted octanol–water partition coefficient (Wildman–Crippen LogP) is 4.84. The molecule has 34 heavy (non-hydrogen) atoms. The summed E-state index contributed by atoms with van der Waals surface area (Å²) in [5, 5.41) is 2.97. The third kappa shape index (κ3) is 4.83. The van der Waals surface area contributed by atoms with E-state index < -0.39 is 12.0 Å². The number of hydrogen-bond donors (Lipinski definition) is 1. The molecule has 176 valence electrons. The minimum absolute atomic E-state index is 0.103. The van der Waals surface area contributed by atoms with Gasteiger partial charge in [-0.3, -0.25) is 9.59 Å². The van der Waals surface area contributed by atoms with E-state index in [1.54, 1.807) is 43.4 Å². The maximum atomic E-state index is 13.4. The number of benzene rings is 3. The maximum Gasteiger partial charge on any atom is 0.230 e. The molecule has 7 heteroatoms. The van der Waals surface area contributed by atoms with Crippen LogP contribution in [0.1, 0.15) is 24.9 Å². The van der Waals surface area contributed by atoms with Gasteiger partial charge in [-0.2, -0.15) is 0 Å². The summed E-state index contributed by atoms with van der Waals surface area (Å²) in [6.07, 6.45) is 0.103. The Kier molecular flexibility index (Phi) is 7.01. The summed E-state index contributed by atoms with van der Waals surface area (Å²) in [5.74, 6) is 1.24. The van der Waals surface area contributed by atoms with Crippen molar-refractivity contribution in [2.45, 2.75) is 19.4 Å². The summed E-state index contributed by atoms with van der Waals surface area (Å²) < 4.78 is 16.0. The zero-order chi connectivity index (χ0) is 24.1. The fraction of sp³-hybridized carbons (Fsp3) is 0.259. The number of amides is 2. The third-order valence-corrected chi connectivity index (χ3v) is 5.90. The van der Waals surface area contributed by atoms with Gasteiger partial charge in [-0.1, -0.05) is 12.1 Å². The lowest BCUT2D eigenvalue weighted by atomic mass is 9.92. The second-order valence-corrected chi connectivity index (χ2v) is 7.94. The number of methoxy groups -OCH3 is 2. The van der Waals surface area contributed by atoms with Crippen molar-refractivity contribution in [3.63, 3.8) is 0 Å². The van der Waals surface area contributed by atoms with Gasteiger partial charge in [-0.05, 0) is 73.2 Å². The van der Waals surface area contributed by atoms with Crippen molar-refractivity contribution in [3.05, 3.63) is 78.4 Å². The first-order valence-corrected chi connectivity index (χ1v) is 11.2. The molecular formula is C27H28N2O5. The van der Waals surface area contributed by atoms with Gasteiger partial charge in [0.15, 0.2) is 0 Å². The van der Waals surface area contributed by atoms with E-state index in [-0.39, 0.29) is 18.2 Å². The summed E-state index contributed by atoms with van der Waals surface area (Å²) in [5.41, 5.74) is 2.22. The molecule has 7 nitrogen and oxygen atoms in total. The predicted molar refractivity (Wildman–Crippen MR) is 131 cm³/mol. The number of hydrogen-bond acceptors (Lipinski definition) is 5. The summed E-state index contributed by atoms with van der Waals surface area (Å²) in [6, 6.07) is 21.5. The Morgan fingerprint density at radius 1 is 0.882 bits per heavy atom. The Balaban J connectivity index is 1.65. The Bertz CT molecular complexity index is 1130. The minimum Gasteiger partial charge on any atom is -0.497 e. The second kappa shape index (κ2) is 10.3. The molecule has 2 amide bonds. The number of nitrogens with one attached hydrogen (secondary N) is 1. The average molecular weight is 461 g/mol. The first kappa shape index (κ1) is 23.2. The number of carbonyl (C=O) groups excluding carboxylic acids is 2. The van der Waals surface area contributed by atoms with Gasteiger partial charge in [-0.15, -0.1) is 0 Å². The standard InChI is InChI=1S/C27H28N2O5/c1-4-34-23-13-7-19(8-14-23)28-27(31)24-17-25(30)29(20-9-15-22(33-3)16-10-20)26(24)18-5-11-21(32-2)12-6-18/h5-16,24,26H,4,17H2,1-3H3,(H,28,31)/t24-,26-/m0/s1. The summed E-state index contributed by atoms with van der Waals surface area (Å²) in [7, 11) is 3.20. The summed E-state index contributed by atoms with van der Waals surface area (Å²) in [6.45, 7) is 2.49. The van der Waals surface area contributed by atoms with E-state index in [9.17, 15) is 9.59 Å². The molecule has 2 atom stereocenters. The van der Waals surface area contributed by atoms with Crippen LogP contribution in [-0.4, -0.2) is 32.6 Å². The van der Waals surface area contributed by atoms with Crippen LogP contribution in [0, 0.1) is 5.92 Å². The van der Waals surface area contributed by atoms with Crippen LogP contribution >= 0.6 is 0 Å². The van der Waals surface area contributed by atoms with Crippen molar-refractivity contribution in [2.75, 3.05) is 31.0 Å². The fourth-order valence-corrected chi connectivity index (χ4v) is 4.24. The van der Waals surface area contributed by atoms with Crippen molar-refractivity contribution in [2.24, 2.45) is 5.92 Å². The largest absolute Gasteiger partial charge is 0.497 e. The topological polar surface area (TPSA) is 77.1 Å². The Labute approximate surface area is 199 Å². The molecule has 1 saturated heterocycles. The van der Waals surface area contributed by atoms with E-state index in [4.69, 9.17) is 14.2 Å². The van der Waals surface area contributed by atoms with Crippen molar-refractivity contribution >= 4 is 23.2 Å². The zero-order valence-corrected chi connectivity index (χ0v) is 19.5. The van der Waals surface area contributed by atoms with E-state index >= 15 is 0 Å². The molecule has 3 aromatic carbocycles. The fourth-order valence-electron chi connectivity index (χ4n) is 4.24. The van der Waals surface area contributed by atoms with E-state index in [1.807, 2.05) is 55.5 Å². The Hall–Kier alpha value is -4.00. The van der Waals surface area contributed by atoms with Gasteiger partial charge >= 0.3 is 0 Å². The highest BCUT2D eigenvalue weighted by atomic mass is 16.5. The molecule has 1 aliphatic rings. The van der Waals surface area contributed by atoms with Crippen LogP contribution in [-0.2, 0) is 9.59 Å². The molecular weight excluding hydrogens is 432 g/mol. The molecule has 1 heterocycles. The van der Waals surface area contributed by atoms with Crippen molar-refractivity contribution in [1.29, 1.82) is 0 Å². The molecule has 0 unspecified atom stereocenters. The van der Waals surface area contributed by atoms with Gasteiger partial charge in [0, 0.05) is 17.8 Å². The molecule has 0 bridgehead atoms. The number of carbonyl (C=O) groups is 2. The van der Waals surface area contributed by atoms with Crippen molar-refractivity contribution < 1.29 is 23.8 Å². The van der Waals surface area contributed by atoms with Gasteiger partial charge in [0.05, 0.1) is 32.8 Å². The summed E-state index contributed by atoms with van der Waals surface area (Å²) in [4.78, 5) is 28.3. The van der Waals surface area contributed by atoms with Crippen LogP contribution < -0.4 is 24.4 Å². The van der Waals surface area contributed by atoms with Crippen LogP contribution in [0.2, 0.25) is 0 Å². The van der Waals surface area contributed by atoms with Crippen molar-refractivity contribution in [1.82, 2.24) is 0 Å². The highest BCUT2D eigenvalue weighted by Crippen LogP contribution is 2.42. The first-order valence-electron chi connectivity index (χ1n) is 11.2. The smallest absolute Gasteiger partial charge is 0.230 e. The molecule has 0 spiro atoms. The number of ether oxygens (including phenoxy) is 3. The Morgan fingerprint density at radius 3 is 2.00 bits per heavy atom. The van der Waals surface area contributed by atoms with Gasteiger partial charge in [-0.25, -0.2) is 0 Å². The second-order valence-electron chi connectivity index (χ2n) is 7.94. The van der Waals surface area contributed by atoms with Gasteiger partial charge in [0.25, 0.3) is 0 Å². The molecule has 3 aromatic rings. The highest BCUT2D eigenvalue weighted by molar-refractivity contribution is 6.04. The molecule has 4 rings (SSSR count). The normalized spacial score (nSPS) is 17.4. The number of rotatable bonds is 8. The first-order chi connectivity index (χ1) is 16.5. The van der Waals surface area contributed by atoms with Gasteiger partial charge < -0.3 is 24.4 Å². The van der Waals surface area contributed by atoms with E-state index in [0.29, 0.717) is 29.5 Å². The van der Waals surface area contributed by atoms with E-state index in [0.717, 1.165) is 11.3 Å².